The van der Waals surface area contributed by atoms with Crippen molar-refractivity contribution >= 4 is 5.91 Å². The van der Waals surface area contributed by atoms with Crippen molar-refractivity contribution in [3.8, 4) is 34.3 Å². The lowest BCUT2D eigenvalue weighted by Gasteiger charge is -2.11. The first-order chi connectivity index (χ1) is 16.3. The Morgan fingerprint density at radius 1 is 1.00 bits per heavy atom. The number of aliphatic hydroxyl groups excluding tert-OH is 2. The maximum atomic E-state index is 13.8. The smallest absolute Gasteiger partial charge is 0.395 e. The number of amides is 1. The first kappa shape index (κ1) is 23.1. The topological polar surface area (TPSA) is 135 Å². The molecule has 4 aromatic rings. The number of carbonyl (C=O) groups excluding carboxylic acids is 1. The van der Waals surface area contributed by atoms with E-state index < -0.39 is 41.1 Å². The average molecular weight is 474 g/mol. The number of aliphatic hydroxyl groups is 2. The standard InChI is InChI=1S/C22H17F3N4O5/c23-22(24,25)15-16(28-33-18(15)13-4-2-1-3-5-13)21-27-19(29-34-21)14-8-6-12(7-9-14)17(31)20(32)26-10-11-30/h1-9,17,30-31H,10-11H2,(H,26,32)/t17-/m1/s1. The Morgan fingerprint density at radius 3 is 2.35 bits per heavy atom. The van der Waals surface area contributed by atoms with Crippen LogP contribution in [-0.2, 0) is 11.0 Å². The fourth-order valence-electron chi connectivity index (χ4n) is 3.16. The number of carbonyl (C=O) groups is 1. The van der Waals surface area contributed by atoms with Crippen LogP contribution in [-0.4, -0.2) is 44.6 Å². The lowest BCUT2D eigenvalue weighted by atomic mass is 10.1. The number of nitrogens with zero attached hydrogens (tertiary/aromatic N) is 3. The van der Waals surface area contributed by atoms with E-state index in [9.17, 15) is 23.1 Å². The second-order valence-electron chi connectivity index (χ2n) is 7.06. The molecule has 4 rings (SSSR count). The molecule has 1 amide bonds. The monoisotopic (exact) mass is 474 g/mol. The van der Waals surface area contributed by atoms with Crippen molar-refractivity contribution in [2.45, 2.75) is 12.3 Å². The number of alkyl halides is 3. The summed E-state index contributed by atoms with van der Waals surface area (Å²) >= 11 is 0. The van der Waals surface area contributed by atoms with Gasteiger partial charge in [0.1, 0.15) is 5.56 Å². The fourth-order valence-corrected chi connectivity index (χ4v) is 3.16. The van der Waals surface area contributed by atoms with Crippen molar-refractivity contribution in [1.82, 2.24) is 20.6 Å². The molecule has 2 aromatic carbocycles. The van der Waals surface area contributed by atoms with E-state index in [1.807, 2.05) is 0 Å². The summed E-state index contributed by atoms with van der Waals surface area (Å²) in [5.41, 5.74) is -0.974. The third kappa shape index (κ3) is 4.67. The highest BCUT2D eigenvalue weighted by Gasteiger charge is 2.42. The average Bonchev–Trinajstić information content (AvgIpc) is 3.50. The molecular formula is C22H17F3N4O5. The first-order valence-electron chi connectivity index (χ1n) is 9.93. The predicted molar refractivity (Wildman–Crippen MR) is 111 cm³/mol. The van der Waals surface area contributed by atoms with Crippen LogP contribution in [0.4, 0.5) is 13.2 Å². The van der Waals surface area contributed by atoms with Gasteiger partial charge in [0.05, 0.1) is 6.61 Å². The van der Waals surface area contributed by atoms with E-state index in [2.05, 4.69) is 20.6 Å². The molecule has 0 fully saturated rings. The number of nitrogens with one attached hydrogen (secondary N) is 1. The number of halogens is 3. The molecule has 0 saturated heterocycles. The molecule has 34 heavy (non-hydrogen) atoms. The highest BCUT2D eigenvalue weighted by molar-refractivity contribution is 5.82. The van der Waals surface area contributed by atoms with Gasteiger partial charge in [0.15, 0.2) is 17.6 Å². The number of hydrogen-bond donors (Lipinski definition) is 3. The van der Waals surface area contributed by atoms with Crippen LogP contribution in [0.1, 0.15) is 17.2 Å². The van der Waals surface area contributed by atoms with Gasteiger partial charge in [0.2, 0.25) is 5.82 Å². The Balaban J connectivity index is 1.62. The summed E-state index contributed by atoms with van der Waals surface area (Å²) in [6.07, 6.45) is -6.27. The molecule has 0 spiro atoms. The molecule has 2 aromatic heterocycles. The zero-order valence-corrected chi connectivity index (χ0v) is 17.3. The molecule has 9 nitrogen and oxygen atoms in total. The van der Waals surface area contributed by atoms with Gasteiger partial charge in [0.25, 0.3) is 11.8 Å². The molecule has 0 bridgehead atoms. The zero-order valence-electron chi connectivity index (χ0n) is 17.3. The van der Waals surface area contributed by atoms with E-state index >= 15 is 0 Å². The second-order valence-corrected chi connectivity index (χ2v) is 7.06. The van der Waals surface area contributed by atoms with Crippen LogP contribution in [0, 0.1) is 0 Å². The van der Waals surface area contributed by atoms with Crippen molar-refractivity contribution < 1.29 is 37.2 Å². The van der Waals surface area contributed by atoms with Gasteiger partial charge in [0, 0.05) is 17.7 Å². The summed E-state index contributed by atoms with van der Waals surface area (Å²) in [6, 6.07) is 13.5. The number of benzene rings is 2. The van der Waals surface area contributed by atoms with Crippen molar-refractivity contribution in [3.05, 3.63) is 65.7 Å². The minimum atomic E-state index is -4.80. The molecule has 0 radical (unpaired) electrons. The van der Waals surface area contributed by atoms with Crippen molar-refractivity contribution in [1.29, 1.82) is 0 Å². The van der Waals surface area contributed by atoms with Crippen molar-refractivity contribution in [2.24, 2.45) is 0 Å². The van der Waals surface area contributed by atoms with Crippen molar-refractivity contribution in [3.63, 3.8) is 0 Å². The highest BCUT2D eigenvalue weighted by atomic mass is 19.4. The molecule has 0 saturated carbocycles. The Bertz CT molecular complexity index is 1270. The maximum Gasteiger partial charge on any atom is 0.422 e. The third-order valence-corrected chi connectivity index (χ3v) is 4.78. The lowest BCUT2D eigenvalue weighted by molar-refractivity contribution is -0.137. The fraction of sp³-hybridized carbons (Fsp3) is 0.182. The first-order valence-corrected chi connectivity index (χ1v) is 9.93. The Labute approximate surface area is 189 Å². The molecule has 3 N–H and O–H groups in total. The van der Waals surface area contributed by atoms with Gasteiger partial charge in [-0.1, -0.05) is 64.9 Å². The minimum Gasteiger partial charge on any atom is -0.395 e. The molecule has 1 atom stereocenters. The normalized spacial score (nSPS) is 12.5. The van der Waals surface area contributed by atoms with Crippen LogP contribution >= 0.6 is 0 Å². The summed E-state index contributed by atoms with van der Waals surface area (Å²) in [7, 11) is 0. The molecule has 0 aliphatic heterocycles. The lowest BCUT2D eigenvalue weighted by Crippen LogP contribution is -2.31. The summed E-state index contributed by atoms with van der Waals surface area (Å²) in [6.45, 7) is -0.278. The number of rotatable bonds is 7. The van der Waals surface area contributed by atoms with Gasteiger partial charge in [-0.3, -0.25) is 4.79 Å². The van der Waals surface area contributed by atoms with Crippen LogP contribution < -0.4 is 5.32 Å². The summed E-state index contributed by atoms with van der Waals surface area (Å²) in [5, 5.41) is 28.4. The van der Waals surface area contributed by atoms with Crippen LogP contribution in [0.3, 0.4) is 0 Å². The van der Waals surface area contributed by atoms with Crippen LogP contribution in [0.2, 0.25) is 0 Å². The Morgan fingerprint density at radius 2 is 1.71 bits per heavy atom. The SMILES string of the molecule is O=C(NCCO)[C@H](O)c1ccc(-c2noc(-c3noc(-c4ccccc4)c3C(F)(F)F)n2)cc1. The second kappa shape index (κ2) is 9.45. The molecular weight excluding hydrogens is 457 g/mol. The molecule has 2 heterocycles. The third-order valence-electron chi connectivity index (χ3n) is 4.78. The summed E-state index contributed by atoms with van der Waals surface area (Å²) in [4.78, 5) is 15.8. The van der Waals surface area contributed by atoms with Gasteiger partial charge in [-0.2, -0.15) is 18.2 Å². The Hall–Kier alpha value is -4.03. The van der Waals surface area contributed by atoms with Crippen LogP contribution in [0.15, 0.2) is 63.6 Å². The molecule has 12 heteroatoms. The zero-order chi connectivity index (χ0) is 24.3. The molecule has 176 valence electrons. The van der Waals surface area contributed by atoms with E-state index in [-0.39, 0.29) is 30.1 Å². The van der Waals surface area contributed by atoms with E-state index in [4.69, 9.17) is 14.2 Å². The van der Waals surface area contributed by atoms with Gasteiger partial charge < -0.3 is 24.6 Å². The maximum absolute atomic E-state index is 13.8. The molecule has 0 aliphatic carbocycles. The number of hydrogen-bond acceptors (Lipinski definition) is 8. The van der Waals surface area contributed by atoms with E-state index in [0.29, 0.717) is 5.56 Å². The van der Waals surface area contributed by atoms with E-state index in [0.717, 1.165) is 0 Å². The minimum absolute atomic E-state index is 0.00639. The quantitative estimate of drug-likeness (QED) is 0.372. The van der Waals surface area contributed by atoms with Crippen LogP contribution in [0.25, 0.3) is 34.3 Å². The highest BCUT2D eigenvalue weighted by Crippen LogP contribution is 2.43. The summed E-state index contributed by atoms with van der Waals surface area (Å²) < 4.78 is 51.6. The molecule has 0 unspecified atom stereocenters. The van der Waals surface area contributed by atoms with Gasteiger partial charge in [-0.05, 0) is 5.56 Å². The van der Waals surface area contributed by atoms with Crippen molar-refractivity contribution in [2.75, 3.05) is 13.2 Å². The largest absolute Gasteiger partial charge is 0.422 e. The summed E-state index contributed by atoms with van der Waals surface area (Å²) in [5.74, 6) is -1.68. The number of aromatic nitrogens is 3. The van der Waals surface area contributed by atoms with Gasteiger partial charge in [-0.15, -0.1) is 0 Å². The van der Waals surface area contributed by atoms with Gasteiger partial charge in [-0.25, -0.2) is 0 Å². The van der Waals surface area contributed by atoms with E-state index in [1.165, 1.54) is 36.4 Å². The predicted octanol–water partition coefficient (Wildman–Crippen LogP) is 3.22. The molecule has 0 aliphatic rings. The van der Waals surface area contributed by atoms with Crippen LogP contribution in [0.5, 0.6) is 0 Å². The van der Waals surface area contributed by atoms with E-state index in [1.54, 1.807) is 18.2 Å². The van der Waals surface area contributed by atoms with Gasteiger partial charge >= 0.3 is 6.18 Å². The Kier molecular flexibility index (Phi) is 6.43.